The lowest BCUT2D eigenvalue weighted by Gasteiger charge is -2.09. The normalized spacial score (nSPS) is 9.52. The van der Waals surface area contributed by atoms with E-state index in [1.54, 1.807) is 12.4 Å². The molecule has 23 heavy (non-hydrogen) atoms. The topological polar surface area (TPSA) is 47.0 Å². The van der Waals surface area contributed by atoms with Crippen molar-refractivity contribution in [2.45, 2.75) is 20.8 Å². The first-order valence-electron chi connectivity index (χ1n) is 7.69. The van der Waals surface area contributed by atoms with Gasteiger partial charge in [-0.3, -0.25) is 0 Å². The Morgan fingerprint density at radius 2 is 1.57 bits per heavy atom. The molecule has 0 spiro atoms. The van der Waals surface area contributed by atoms with Crippen LogP contribution in [0.25, 0.3) is 0 Å². The molecule has 0 saturated carbocycles. The number of aryl methyl sites for hydroxylation is 1. The zero-order chi connectivity index (χ0) is 16.5. The molecule has 3 rings (SSSR count). The van der Waals surface area contributed by atoms with Gasteiger partial charge < -0.3 is 10.1 Å². The third-order valence-electron chi connectivity index (χ3n) is 2.97. The van der Waals surface area contributed by atoms with Crippen molar-refractivity contribution in [2.75, 3.05) is 5.32 Å². The van der Waals surface area contributed by atoms with E-state index in [-0.39, 0.29) is 0 Å². The summed E-state index contributed by atoms with van der Waals surface area (Å²) in [6, 6.07) is 17.3. The molecule has 0 saturated heterocycles. The molecule has 0 amide bonds. The lowest BCUT2D eigenvalue weighted by atomic mass is 10.3. The SMILES string of the molecule is CC.Cc1cccnc1Oc1ccc(Nc2ccccn2)cc1. The van der Waals surface area contributed by atoms with E-state index >= 15 is 0 Å². The number of aromatic nitrogens is 2. The van der Waals surface area contributed by atoms with Crippen molar-refractivity contribution in [3.05, 3.63) is 72.6 Å². The van der Waals surface area contributed by atoms with Crippen molar-refractivity contribution >= 4 is 11.5 Å². The van der Waals surface area contributed by atoms with E-state index in [4.69, 9.17) is 4.74 Å². The largest absolute Gasteiger partial charge is 0.439 e. The van der Waals surface area contributed by atoms with Crippen LogP contribution in [0, 0.1) is 6.92 Å². The van der Waals surface area contributed by atoms with Crippen LogP contribution >= 0.6 is 0 Å². The fourth-order valence-corrected chi connectivity index (χ4v) is 1.88. The summed E-state index contributed by atoms with van der Waals surface area (Å²) in [6.07, 6.45) is 3.48. The molecule has 3 aromatic rings. The third kappa shape index (κ3) is 4.81. The molecule has 0 radical (unpaired) electrons. The van der Waals surface area contributed by atoms with Crippen LogP contribution in [0.4, 0.5) is 11.5 Å². The minimum atomic E-state index is 0.628. The predicted octanol–water partition coefficient (Wildman–Crippen LogP) is 5.35. The number of hydrogen-bond donors (Lipinski definition) is 1. The molecular formula is C19H21N3O. The molecule has 0 aliphatic rings. The van der Waals surface area contributed by atoms with Crippen molar-refractivity contribution in [1.82, 2.24) is 9.97 Å². The van der Waals surface area contributed by atoms with Crippen LogP contribution in [0.2, 0.25) is 0 Å². The van der Waals surface area contributed by atoms with Gasteiger partial charge in [-0.05, 0) is 49.4 Å². The van der Waals surface area contributed by atoms with Crippen LogP contribution in [-0.4, -0.2) is 9.97 Å². The zero-order valence-corrected chi connectivity index (χ0v) is 13.7. The first-order chi connectivity index (χ1) is 11.3. The van der Waals surface area contributed by atoms with E-state index in [1.165, 1.54) is 0 Å². The number of ether oxygens (including phenoxy) is 1. The molecule has 2 heterocycles. The van der Waals surface area contributed by atoms with Gasteiger partial charge >= 0.3 is 0 Å². The standard InChI is InChI=1S/C17H15N3O.C2H6/c1-13-5-4-12-19-17(13)21-15-9-7-14(8-10-15)20-16-6-2-3-11-18-16;1-2/h2-12H,1H3,(H,18,20);1-2H3. The van der Waals surface area contributed by atoms with Gasteiger partial charge in [0.15, 0.2) is 0 Å². The van der Waals surface area contributed by atoms with Crippen LogP contribution in [0.15, 0.2) is 67.0 Å². The van der Waals surface area contributed by atoms with Crippen LogP contribution in [0.5, 0.6) is 11.6 Å². The van der Waals surface area contributed by atoms with Crippen molar-refractivity contribution in [2.24, 2.45) is 0 Å². The van der Waals surface area contributed by atoms with Crippen molar-refractivity contribution in [1.29, 1.82) is 0 Å². The van der Waals surface area contributed by atoms with Gasteiger partial charge in [-0.1, -0.05) is 26.0 Å². The molecular weight excluding hydrogens is 286 g/mol. The van der Waals surface area contributed by atoms with Gasteiger partial charge in [-0.2, -0.15) is 0 Å². The van der Waals surface area contributed by atoms with Crippen LogP contribution < -0.4 is 10.1 Å². The maximum atomic E-state index is 5.76. The van der Waals surface area contributed by atoms with E-state index in [0.29, 0.717) is 5.88 Å². The average Bonchev–Trinajstić information content (AvgIpc) is 2.61. The summed E-state index contributed by atoms with van der Waals surface area (Å²) in [5.74, 6) is 2.19. The number of nitrogens with zero attached hydrogens (tertiary/aromatic N) is 2. The maximum absolute atomic E-state index is 5.76. The average molecular weight is 307 g/mol. The van der Waals surface area contributed by atoms with Gasteiger partial charge in [0.1, 0.15) is 11.6 Å². The van der Waals surface area contributed by atoms with E-state index in [0.717, 1.165) is 22.8 Å². The fraction of sp³-hybridized carbons (Fsp3) is 0.158. The monoisotopic (exact) mass is 307 g/mol. The molecule has 1 aromatic carbocycles. The van der Waals surface area contributed by atoms with Gasteiger partial charge in [0.25, 0.3) is 0 Å². The van der Waals surface area contributed by atoms with Gasteiger partial charge in [-0.15, -0.1) is 0 Å². The minimum absolute atomic E-state index is 0.628. The lowest BCUT2D eigenvalue weighted by molar-refractivity contribution is 0.459. The Morgan fingerprint density at radius 1 is 0.826 bits per heavy atom. The van der Waals surface area contributed by atoms with E-state index in [9.17, 15) is 0 Å². The highest BCUT2D eigenvalue weighted by Gasteiger charge is 2.02. The second kappa shape index (κ2) is 8.54. The van der Waals surface area contributed by atoms with E-state index in [2.05, 4.69) is 15.3 Å². The fourth-order valence-electron chi connectivity index (χ4n) is 1.88. The van der Waals surface area contributed by atoms with Crippen molar-refractivity contribution < 1.29 is 4.74 Å². The van der Waals surface area contributed by atoms with Gasteiger partial charge in [0.2, 0.25) is 5.88 Å². The molecule has 1 N–H and O–H groups in total. The number of benzene rings is 1. The molecule has 4 nitrogen and oxygen atoms in total. The number of nitrogens with one attached hydrogen (secondary N) is 1. The minimum Gasteiger partial charge on any atom is -0.439 e. The van der Waals surface area contributed by atoms with Gasteiger partial charge in [0.05, 0.1) is 0 Å². The van der Waals surface area contributed by atoms with E-state index < -0.39 is 0 Å². The Hall–Kier alpha value is -2.88. The van der Waals surface area contributed by atoms with Crippen LogP contribution in [0.3, 0.4) is 0 Å². The molecule has 0 atom stereocenters. The molecule has 0 unspecified atom stereocenters. The Kier molecular flexibility index (Phi) is 6.12. The summed E-state index contributed by atoms with van der Waals surface area (Å²) < 4.78 is 5.76. The highest BCUT2D eigenvalue weighted by molar-refractivity contribution is 5.57. The molecule has 118 valence electrons. The smallest absolute Gasteiger partial charge is 0.222 e. The number of rotatable bonds is 4. The highest BCUT2D eigenvalue weighted by atomic mass is 16.5. The molecule has 4 heteroatoms. The maximum Gasteiger partial charge on any atom is 0.222 e. The summed E-state index contributed by atoms with van der Waals surface area (Å²) in [5.41, 5.74) is 1.96. The second-order valence-electron chi connectivity index (χ2n) is 4.59. The number of hydrogen-bond acceptors (Lipinski definition) is 4. The molecule has 0 aliphatic carbocycles. The first kappa shape index (κ1) is 16.5. The Morgan fingerprint density at radius 3 is 2.22 bits per heavy atom. The summed E-state index contributed by atoms with van der Waals surface area (Å²) >= 11 is 0. The quantitative estimate of drug-likeness (QED) is 0.706. The summed E-state index contributed by atoms with van der Waals surface area (Å²) in [4.78, 5) is 8.44. The molecule has 0 fully saturated rings. The second-order valence-corrected chi connectivity index (χ2v) is 4.59. The van der Waals surface area contributed by atoms with Gasteiger partial charge in [-0.25, -0.2) is 9.97 Å². The van der Waals surface area contributed by atoms with Crippen molar-refractivity contribution in [3.63, 3.8) is 0 Å². The molecule has 2 aromatic heterocycles. The van der Waals surface area contributed by atoms with Crippen molar-refractivity contribution in [3.8, 4) is 11.6 Å². The number of anilines is 2. The molecule has 0 bridgehead atoms. The van der Waals surface area contributed by atoms with Crippen LogP contribution in [-0.2, 0) is 0 Å². The zero-order valence-electron chi connectivity index (χ0n) is 13.7. The summed E-state index contributed by atoms with van der Waals surface area (Å²) in [5, 5.41) is 3.22. The third-order valence-corrected chi connectivity index (χ3v) is 2.97. The number of pyridine rings is 2. The highest BCUT2D eigenvalue weighted by Crippen LogP contribution is 2.24. The Bertz CT molecular complexity index is 712. The van der Waals surface area contributed by atoms with Gasteiger partial charge in [0, 0.05) is 23.6 Å². The van der Waals surface area contributed by atoms with Crippen LogP contribution in [0.1, 0.15) is 19.4 Å². The lowest BCUT2D eigenvalue weighted by Crippen LogP contribution is -1.93. The molecule has 0 aliphatic heterocycles. The Labute approximate surface area is 137 Å². The summed E-state index contributed by atoms with van der Waals surface area (Å²) in [6.45, 7) is 5.97. The summed E-state index contributed by atoms with van der Waals surface area (Å²) in [7, 11) is 0. The predicted molar refractivity (Wildman–Crippen MR) is 94.4 cm³/mol. The Balaban J connectivity index is 0.000000924. The first-order valence-corrected chi connectivity index (χ1v) is 7.69. The van der Waals surface area contributed by atoms with E-state index in [1.807, 2.05) is 75.4 Å².